The molecule has 13 heavy (non-hydrogen) atoms. The summed E-state index contributed by atoms with van der Waals surface area (Å²) in [5.41, 5.74) is 0.864. The summed E-state index contributed by atoms with van der Waals surface area (Å²) in [7, 11) is 0. The second kappa shape index (κ2) is 3.97. The second-order valence-corrected chi connectivity index (χ2v) is 5.87. The van der Waals surface area contributed by atoms with E-state index in [-0.39, 0.29) is 0 Å². The van der Waals surface area contributed by atoms with Gasteiger partial charge in [-0.05, 0) is 50.7 Å². The number of aromatic nitrogens is 3. The van der Waals surface area contributed by atoms with Gasteiger partial charge in [-0.2, -0.15) is 0 Å². The largest absolute Gasteiger partial charge is 0.252 e. The van der Waals surface area contributed by atoms with Crippen molar-refractivity contribution in [2.24, 2.45) is 0 Å². The Bertz CT molecular complexity index is 414. The molecule has 2 rings (SSSR count). The van der Waals surface area contributed by atoms with Crippen LogP contribution in [0, 0.1) is 3.01 Å². The van der Waals surface area contributed by atoms with Crippen LogP contribution >= 0.6 is 49.9 Å². The van der Waals surface area contributed by atoms with Crippen LogP contribution in [0.1, 0.15) is 0 Å². The zero-order chi connectivity index (χ0) is 9.26. The van der Waals surface area contributed by atoms with Gasteiger partial charge in [-0.25, -0.2) is 0 Å². The number of hydrogen-bond acceptors (Lipinski definition) is 4. The van der Waals surface area contributed by atoms with Crippen molar-refractivity contribution < 1.29 is 0 Å². The number of nitrogens with zero attached hydrogens (tertiary/aromatic N) is 3. The monoisotopic (exact) mass is 367 g/mol. The highest BCUT2D eigenvalue weighted by Crippen LogP contribution is 2.23. The van der Waals surface area contributed by atoms with E-state index in [1.807, 2.05) is 12.1 Å². The Morgan fingerprint density at radius 1 is 1.31 bits per heavy atom. The Morgan fingerprint density at radius 3 is 2.69 bits per heavy atom. The Morgan fingerprint density at radius 2 is 2.15 bits per heavy atom. The first-order valence-corrected chi connectivity index (χ1v) is 6.05. The van der Waals surface area contributed by atoms with Gasteiger partial charge in [0.1, 0.15) is 5.69 Å². The van der Waals surface area contributed by atoms with E-state index >= 15 is 0 Å². The Hall–Kier alpha value is -0.0800. The highest BCUT2D eigenvalue weighted by molar-refractivity contribution is 14.1. The summed E-state index contributed by atoms with van der Waals surface area (Å²) in [6.45, 7) is 0. The standard InChI is InChI=1S/C7H3BrIN3S/c8-4-1-2-5(10-3-4)6-11-12-7(9)13-6/h1-3H. The van der Waals surface area contributed by atoms with Crippen molar-refractivity contribution in [3.05, 3.63) is 25.8 Å². The van der Waals surface area contributed by atoms with Crippen molar-refractivity contribution in [3.63, 3.8) is 0 Å². The van der Waals surface area contributed by atoms with Crippen LogP contribution in [0.15, 0.2) is 22.8 Å². The Labute approximate surface area is 101 Å². The minimum absolute atomic E-state index is 0.858. The summed E-state index contributed by atoms with van der Waals surface area (Å²) >= 11 is 7.00. The van der Waals surface area contributed by atoms with Crippen LogP contribution in [0.4, 0.5) is 0 Å². The molecule has 0 N–H and O–H groups in total. The van der Waals surface area contributed by atoms with Crippen LogP contribution in [-0.4, -0.2) is 15.2 Å². The maximum Gasteiger partial charge on any atom is 0.178 e. The fourth-order valence-corrected chi connectivity index (χ4v) is 2.33. The predicted octanol–water partition coefficient (Wildman–Crippen LogP) is 2.97. The predicted molar refractivity (Wildman–Crippen MR) is 63.6 cm³/mol. The summed E-state index contributed by atoms with van der Waals surface area (Å²) in [5.74, 6) is 0. The molecule has 2 aromatic rings. The molecule has 0 unspecified atom stereocenters. The average Bonchev–Trinajstić information content (AvgIpc) is 2.53. The molecule has 0 spiro atoms. The van der Waals surface area contributed by atoms with Crippen LogP contribution in [0.5, 0.6) is 0 Å². The third kappa shape index (κ3) is 2.23. The van der Waals surface area contributed by atoms with E-state index in [2.05, 4.69) is 53.7 Å². The first kappa shape index (κ1) is 9.47. The second-order valence-electron chi connectivity index (χ2n) is 2.22. The maximum absolute atomic E-state index is 4.22. The molecule has 3 nitrogen and oxygen atoms in total. The molecule has 0 radical (unpaired) electrons. The van der Waals surface area contributed by atoms with Crippen molar-refractivity contribution in [3.8, 4) is 10.7 Å². The smallest absolute Gasteiger partial charge is 0.178 e. The lowest BCUT2D eigenvalue weighted by molar-refractivity contribution is 1.07. The van der Waals surface area contributed by atoms with E-state index in [4.69, 9.17) is 0 Å². The van der Waals surface area contributed by atoms with Gasteiger partial charge in [-0.1, -0.05) is 11.3 Å². The summed E-state index contributed by atoms with van der Waals surface area (Å²) < 4.78 is 1.90. The third-order valence-electron chi connectivity index (χ3n) is 1.35. The fraction of sp³-hybridized carbons (Fsp3) is 0. The lowest BCUT2D eigenvalue weighted by Crippen LogP contribution is -1.81. The summed E-state index contributed by atoms with van der Waals surface area (Å²) in [4.78, 5) is 4.22. The van der Waals surface area contributed by atoms with Crippen molar-refractivity contribution >= 4 is 49.9 Å². The highest BCUT2D eigenvalue weighted by Gasteiger charge is 2.04. The average molecular weight is 368 g/mol. The lowest BCUT2D eigenvalue weighted by Gasteiger charge is -1.92. The molecular weight excluding hydrogens is 365 g/mol. The molecule has 2 aromatic heterocycles. The SMILES string of the molecule is Brc1ccc(-c2nnc(I)s2)nc1. The van der Waals surface area contributed by atoms with Gasteiger partial charge in [0, 0.05) is 10.7 Å². The molecule has 0 atom stereocenters. The quantitative estimate of drug-likeness (QED) is 0.727. The molecule has 0 aliphatic rings. The Balaban J connectivity index is 2.41. The number of halogens is 2. The first-order valence-electron chi connectivity index (χ1n) is 3.36. The molecule has 0 aliphatic heterocycles. The lowest BCUT2D eigenvalue weighted by atomic mass is 10.4. The summed E-state index contributed by atoms with van der Waals surface area (Å²) in [6.07, 6.45) is 1.75. The zero-order valence-electron chi connectivity index (χ0n) is 6.24. The van der Waals surface area contributed by atoms with Gasteiger partial charge >= 0.3 is 0 Å². The molecule has 0 fully saturated rings. The topological polar surface area (TPSA) is 38.7 Å². The van der Waals surface area contributed by atoms with Crippen LogP contribution in [0.25, 0.3) is 10.7 Å². The van der Waals surface area contributed by atoms with Gasteiger partial charge in [0.2, 0.25) is 0 Å². The van der Waals surface area contributed by atoms with Crippen LogP contribution in [0.3, 0.4) is 0 Å². The van der Waals surface area contributed by atoms with E-state index < -0.39 is 0 Å². The molecule has 0 bridgehead atoms. The highest BCUT2D eigenvalue weighted by atomic mass is 127. The van der Waals surface area contributed by atoms with Gasteiger partial charge in [-0.15, -0.1) is 10.2 Å². The van der Waals surface area contributed by atoms with Crippen LogP contribution in [0.2, 0.25) is 0 Å². The van der Waals surface area contributed by atoms with Crippen molar-refractivity contribution in [2.75, 3.05) is 0 Å². The zero-order valence-corrected chi connectivity index (χ0v) is 10.8. The van der Waals surface area contributed by atoms with E-state index in [0.717, 1.165) is 18.2 Å². The molecule has 0 amide bonds. The molecule has 2 heterocycles. The molecule has 0 aromatic carbocycles. The maximum atomic E-state index is 4.22. The summed E-state index contributed by atoms with van der Waals surface area (Å²) in [5, 5.41) is 8.78. The molecule has 6 heteroatoms. The van der Waals surface area contributed by atoms with Gasteiger partial charge in [0.15, 0.2) is 8.02 Å². The van der Waals surface area contributed by atoms with E-state index in [1.54, 1.807) is 6.20 Å². The summed E-state index contributed by atoms with van der Waals surface area (Å²) in [6, 6.07) is 3.86. The normalized spacial score (nSPS) is 10.3. The van der Waals surface area contributed by atoms with Crippen LogP contribution in [-0.2, 0) is 0 Å². The first-order chi connectivity index (χ1) is 6.25. The van der Waals surface area contributed by atoms with E-state index in [1.165, 1.54) is 11.3 Å². The van der Waals surface area contributed by atoms with Crippen molar-refractivity contribution in [2.45, 2.75) is 0 Å². The van der Waals surface area contributed by atoms with E-state index in [0.29, 0.717) is 0 Å². The van der Waals surface area contributed by atoms with Gasteiger partial charge in [-0.3, -0.25) is 4.98 Å². The fourth-order valence-electron chi connectivity index (χ4n) is 0.811. The molecule has 0 aliphatic carbocycles. The molecule has 0 saturated heterocycles. The van der Waals surface area contributed by atoms with Crippen molar-refractivity contribution in [1.82, 2.24) is 15.2 Å². The van der Waals surface area contributed by atoms with Gasteiger partial charge in [0.25, 0.3) is 0 Å². The van der Waals surface area contributed by atoms with Crippen LogP contribution < -0.4 is 0 Å². The van der Waals surface area contributed by atoms with E-state index in [9.17, 15) is 0 Å². The number of rotatable bonds is 1. The van der Waals surface area contributed by atoms with Gasteiger partial charge < -0.3 is 0 Å². The minimum atomic E-state index is 0.858. The number of hydrogen-bond donors (Lipinski definition) is 0. The molecular formula is C7H3BrIN3S. The van der Waals surface area contributed by atoms with Gasteiger partial charge in [0.05, 0.1) is 0 Å². The minimum Gasteiger partial charge on any atom is -0.252 e. The number of pyridine rings is 1. The Kier molecular flexibility index (Phi) is 2.89. The molecule has 66 valence electrons. The third-order valence-corrected chi connectivity index (χ3v) is 3.43. The molecule has 0 saturated carbocycles. The van der Waals surface area contributed by atoms with Crippen molar-refractivity contribution in [1.29, 1.82) is 0 Å².